The predicted octanol–water partition coefficient (Wildman–Crippen LogP) is 4.49. The predicted molar refractivity (Wildman–Crippen MR) is 85.0 cm³/mol. The molecule has 1 atom stereocenters. The summed E-state index contributed by atoms with van der Waals surface area (Å²) >= 11 is 5.05. The molecule has 5 heteroatoms. The van der Waals surface area contributed by atoms with Gasteiger partial charge >= 0.3 is 0 Å². The monoisotopic (exact) mass is 354 g/mol. The van der Waals surface area contributed by atoms with Crippen molar-refractivity contribution in [1.29, 1.82) is 0 Å². The molecule has 0 amide bonds. The maximum Gasteiger partial charge on any atom is 0.0949 e. The maximum atomic E-state index is 10.3. The highest BCUT2D eigenvalue weighted by Crippen LogP contribution is 2.31. The maximum absolute atomic E-state index is 10.3. The zero-order valence-corrected chi connectivity index (χ0v) is 13.7. The van der Waals surface area contributed by atoms with E-state index in [0.29, 0.717) is 12.5 Å². The summed E-state index contributed by atoms with van der Waals surface area (Å²) in [6.07, 6.45) is 8.63. The van der Waals surface area contributed by atoms with Gasteiger partial charge in [-0.3, -0.25) is 4.68 Å². The van der Waals surface area contributed by atoms with E-state index in [0.717, 1.165) is 15.0 Å². The first-order chi connectivity index (χ1) is 9.74. The second kappa shape index (κ2) is 6.41. The molecule has 1 saturated carbocycles. The molecule has 0 spiro atoms. The highest BCUT2D eigenvalue weighted by molar-refractivity contribution is 9.10. The number of aliphatic hydroxyl groups is 1. The number of thiophene rings is 1. The Kier molecular flexibility index (Phi) is 4.58. The number of aliphatic hydroxyl groups excluding tert-OH is 1. The Morgan fingerprint density at radius 1 is 1.35 bits per heavy atom. The number of rotatable bonds is 4. The SMILES string of the molecule is OC(Cc1ccn(C2CCCCC2)n1)c1sccc1Br. The minimum absolute atomic E-state index is 0.473. The van der Waals surface area contributed by atoms with E-state index < -0.39 is 6.10 Å². The normalized spacial score (nSPS) is 18.3. The highest BCUT2D eigenvalue weighted by Gasteiger charge is 2.18. The first-order valence-electron chi connectivity index (χ1n) is 7.19. The van der Waals surface area contributed by atoms with Gasteiger partial charge in [0.1, 0.15) is 0 Å². The van der Waals surface area contributed by atoms with E-state index >= 15 is 0 Å². The van der Waals surface area contributed by atoms with Crippen LogP contribution in [0.3, 0.4) is 0 Å². The van der Waals surface area contributed by atoms with Gasteiger partial charge in [0.15, 0.2) is 0 Å². The second-order valence-corrected chi connectivity index (χ2v) is 7.23. The first-order valence-corrected chi connectivity index (χ1v) is 8.86. The number of hydrogen-bond acceptors (Lipinski definition) is 3. The lowest BCUT2D eigenvalue weighted by Crippen LogP contribution is -2.13. The molecule has 1 unspecified atom stereocenters. The van der Waals surface area contributed by atoms with Gasteiger partial charge in [0.05, 0.1) is 17.8 Å². The van der Waals surface area contributed by atoms with Crippen LogP contribution in [0.2, 0.25) is 0 Å². The van der Waals surface area contributed by atoms with Crippen molar-refractivity contribution in [2.45, 2.75) is 50.7 Å². The molecular weight excluding hydrogens is 336 g/mol. The Bertz CT molecular complexity index is 560. The van der Waals surface area contributed by atoms with Crippen molar-refractivity contribution in [2.75, 3.05) is 0 Å². The average molecular weight is 355 g/mol. The van der Waals surface area contributed by atoms with Crippen LogP contribution in [0.5, 0.6) is 0 Å². The van der Waals surface area contributed by atoms with Gasteiger partial charge in [-0.1, -0.05) is 19.3 Å². The quantitative estimate of drug-likeness (QED) is 0.878. The van der Waals surface area contributed by atoms with Crippen LogP contribution in [0.15, 0.2) is 28.2 Å². The van der Waals surface area contributed by atoms with E-state index in [2.05, 4.69) is 31.9 Å². The molecule has 108 valence electrons. The van der Waals surface area contributed by atoms with E-state index in [1.807, 2.05) is 17.5 Å². The fourth-order valence-corrected chi connectivity index (χ4v) is 4.49. The van der Waals surface area contributed by atoms with Crippen molar-refractivity contribution in [3.05, 3.63) is 38.8 Å². The van der Waals surface area contributed by atoms with Crippen molar-refractivity contribution < 1.29 is 5.11 Å². The van der Waals surface area contributed by atoms with Crippen molar-refractivity contribution in [1.82, 2.24) is 9.78 Å². The smallest absolute Gasteiger partial charge is 0.0949 e. The van der Waals surface area contributed by atoms with E-state index in [-0.39, 0.29) is 0 Å². The molecule has 3 rings (SSSR count). The lowest BCUT2D eigenvalue weighted by atomic mass is 9.96. The van der Waals surface area contributed by atoms with Crippen molar-refractivity contribution in [3.63, 3.8) is 0 Å². The largest absolute Gasteiger partial charge is 0.387 e. The molecule has 2 heterocycles. The molecule has 2 aromatic rings. The molecular formula is C15H19BrN2OS. The van der Waals surface area contributed by atoms with E-state index in [1.165, 1.54) is 32.1 Å². The Labute approximate surface area is 131 Å². The van der Waals surface area contributed by atoms with E-state index in [1.54, 1.807) is 11.3 Å². The second-order valence-electron chi connectivity index (χ2n) is 5.43. The van der Waals surface area contributed by atoms with Crippen molar-refractivity contribution >= 4 is 27.3 Å². The van der Waals surface area contributed by atoms with Gasteiger partial charge in [-0.2, -0.15) is 5.10 Å². The molecule has 1 aliphatic carbocycles. The lowest BCUT2D eigenvalue weighted by Gasteiger charge is -2.21. The summed E-state index contributed by atoms with van der Waals surface area (Å²) in [6, 6.07) is 4.58. The van der Waals surface area contributed by atoms with Gasteiger partial charge in [0, 0.05) is 22.0 Å². The minimum Gasteiger partial charge on any atom is -0.387 e. The van der Waals surface area contributed by atoms with Crippen LogP contribution in [0.4, 0.5) is 0 Å². The third-order valence-electron chi connectivity index (χ3n) is 3.96. The molecule has 0 aliphatic heterocycles. The summed E-state index contributed by atoms with van der Waals surface area (Å²) in [5.41, 5.74) is 0.975. The summed E-state index contributed by atoms with van der Waals surface area (Å²) in [7, 11) is 0. The number of aromatic nitrogens is 2. The van der Waals surface area contributed by atoms with Gasteiger partial charge in [-0.25, -0.2) is 0 Å². The third kappa shape index (κ3) is 3.15. The zero-order chi connectivity index (χ0) is 13.9. The van der Waals surface area contributed by atoms with Crippen LogP contribution >= 0.6 is 27.3 Å². The van der Waals surface area contributed by atoms with Crippen molar-refractivity contribution in [2.24, 2.45) is 0 Å². The summed E-state index contributed by atoms with van der Waals surface area (Å²) in [6.45, 7) is 0. The third-order valence-corrected chi connectivity index (χ3v) is 5.93. The lowest BCUT2D eigenvalue weighted by molar-refractivity contribution is 0.179. The molecule has 3 nitrogen and oxygen atoms in total. The van der Waals surface area contributed by atoms with Gasteiger partial charge in [-0.15, -0.1) is 11.3 Å². The van der Waals surface area contributed by atoms with Crippen LogP contribution in [-0.4, -0.2) is 14.9 Å². The number of halogens is 1. The molecule has 0 saturated heterocycles. The fraction of sp³-hybridized carbons (Fsp3) is 0.533. The zero-order valence-electron chi connectivity index (χ0n) is 11.3. The van der Waals surface area contributed by atoms with E-state index in [4.69, 9.17) is 0 Å². The molecule has 1 N–H and O–H groups in total. The Morgan fingerprint density at radius 3 is 2.85 bits per heavy atom. The average Bonchev–Trinajstić information content (AvgIpc) is 3.09. The Morgan fingerprint density at radius 2 is 2.15 bits per heavy atom. The summed E-state index contributed by atoms with van der Waals surface area (Å²) < 4.78 is 3.09. The molecule has 0 aromatic carbocycles. The van der Waals surface area contributed by atoms with Crippen LogP contribution in [0.25, 0.3) is 0 Å². The fourth-order valence-electron chi connectivity index (χ4n) is 2.87. The minimum atomic E-state index is -0.473. The van der Waals surface area contributed by atoms with Gasteiger partial charge < -0.3 is 5.11 Å². The van der Waals surface area contributed by atoms with E-state index in [9.17, 15) is 5.11 Å². The summed E-state index contributed by atoms with van der Waals surface area (Å²) in [5, 5.41) is 16.9. The molecule has 1 aliphatic rings. The van der Waals surface area contributed by atoms with Gasteiger partial charge in [0.2, 0.25) is 0 Å². The molecule has 2 aromatic heterocycles. The first kappa shape index (κ1) is 14.3. The Balaban J connectivity index is 1.66. The molecule has 0 bridgehead atoms. The molecule has 0 radical (unpaired) electrons. The number of nitrogens with zero attached hydrogens (tertiary/aromatic N) is 2. The summed E-state index contributed by atoms with van der Waals surface area (Å²) in [4.78, 5) is 0.984. The van der Waals surface area contributed by atoms with Gasteiger partial charge in [0.25, 0.3) is 0 Å². The van der Waals surface area contributed by atoms with Crippen LogP contribution in [0.1, 0.15) is 54.8 Å². The molecule has 1 fully saturated rings. The number of hydrogen-bond donors (Lipinski definition) is 1. The standard InChI is InChI=1S/C15H19BrN2OS/c16-13-7-9-20-15(13)14(19)10-11-6-8-18(17-11)12-4-2-1-3-5-12/h6-9,12,14,19H,1-5,10H2. The Hall–Kier alpha value is -0.650. The summed E-state index contributed by atoms with van der Waals surface area (Å²) in [5.74, 6) is 0. The van der Waals surface area contributed by atoms with Gasteiger partial charge in [-0.05, 0) is 46.3 Å². The van der Waals surface area contributed by atoms with Crippen molar-refractivity contribution in [3.8, 4) is 0 Å². The van der Waals surface area contributed by atoms with Crippen LogP contribution < -0.4 is 0 Å². The molecule has 20 heavy (non-hydrogen) atoms. The van der Waals surface area contributed by atoms with Crippen LogP contribution in [-0.2, 0) is 6.42 Å². The van der Waals surface area contributed by atoms with Crippen LogP contribution in [0, 0.1) is 0 Å². The topological polar surface area (TPSA) is 38.0 Å². The highest BCUT2D eigenvalue weighted by atomic mass is 79.9.